The van der Waals surface area contributed by atoms with Gasteiger partial charge in [-0.3, -0.25) is 0 Å². The number of hydrogen-bond donors (Lipinski definition) is 3. The van der Waals surface area contributed by atoms with Crippen molar-refractivity contribution in [3.63, 3.8) is 0 Å². The topological polar surface area (TPSA) is 85.0 Å². The molecule has 0 saturated heterocycles. The highest BCUT2D eigenvalue weighted by Gasteiger charge is 1.99. The Hall–Kier alpha value is -1.69. The van der Waals surface area contributed by atoms with Crippen LogP contribution >= 0.6 is 0 Å². The van der Waals surface area contributed by atoms with Crippen LogP contribution in [0.4, 0.5) is 5.69 Å². The standard InChI is InChI=1S/C9H9NO4/c11-9(12)5-4-7-2-1-3-8(6-7)10(13)14/h1-6,10,13H,(H,11,12). The summed E-state index contributed by atoms with van der Waals surface area (Å²) < 4.78 is 0. The maximum atomic E-state index is 10.6. The lowest BCUT2D eigenvalue weighted by Gasteiger charge is -2.11. The van der Waals surface area contributed by atoms with Gasteiger partial charge < -0.3 is 10.3 Å². The number of nitrogens with one attached hydrogen (secondary N) is 1. The third-order valence-corrected chi connectivity index (χ3v) is 1.55. The summed E-state index contributed by atoms with van der Waals surface area (Å²) in [4.78, 5) is 10.2. The summed E-state index contributed by atoms with van der Waals surface area (Å²) in [6.45, 7) is 0. The van der Waals surface area contributed by atoms with Crippen molar-refractivity contribution in [2.24, 2.45) is 0 Å². The minimum Gasteiger partial charge on any atom is -0.595 e. The summed E-state index contributed by atoms with van der Waals surface area (Å²) in [5.74, 6) is -1.06. The smallest absolute Gasteiger partial charge is 0.328 e. The van der Waals surface area contributed by atoms with Gasteiger partial charge in [0.05, 0.1) is 0 Å². The Labute approximate surface area is 80.0 Å². The zero-order valence-corrected chi connectivity index (χ0v) is 7.18. The normalized spacial score (nSPS) is 13.0. The van der Waals surface area contributed by atoms with E-state index < -0.39 is 11.2 Å². The molecule has 74 valence electrons. The van der Waals surface area contributed by atoms with Gasteiger partial charge in [-0.2, -0.15) is 5.23 Å². The van der Waals surface area contributed by atoms with E-state index in [4.69, 9.17) is 10.3 Å². The SMILES string of the molecule is O=C(O)C=Cc1cccc([NH+]([O-])O)c1. The van der Waals surface area contributed by atoms with Crippen molar-refractivity contribution in [2.75, 3.05) is 0 Å². The van der Waals surface area contributed by atoms with Crippen molar-refractivity contribution in [1.82, 2.24) is 0 Å². The van der Waals surface area contributed by atoms with Crippen LogP contribution in [-0.2, 0) is 4.79 Å². The second-order valence-electron chi connectivity index (χ2n) is 2.60. The van der Waals surface area contributed by atoms with Crippen LogP contribution in [-0.4, -0.2) is 16.3 Å². The highest BCUT2D eigenvalue weighted by atomic mass is 16.8. The number of benzene rings is 1. The Morgan fingerprint density at radius 3 is 2.79 bits per heavy atom. The first kappa shape index (κ1) is 10.4. The summed E-state index contributed by atoms with van der Waals surface area (Å²) in [6.07, 6.45) is 2.30. The van der Waals surface area contributed by atoms with E-state index in [1.807, 2.05) is 0 Å². The average molecular weight is 195 g/mol. The van der Waals surface area contributed by atoms with E-state index in [1.54, 1.807) is 12.1 Å². The Balaban J connectivity index is 2.89. The zero-order chi connectivity index (χ0) is 10.6. The molecule has 5 heteroatoms. The first-order valence-corrected chi connectivity index (χ1v) is 3.84. The third kappa shape index (κ3) is 2.98. The van der Waals surface area contributed by atoms with E-state index in [0.29, 0.717) is 5.56 Å². The maximum Gasteiger partial charge on any atom is 0.328 e. The molecule has 0 aliphatic carbocycles. The third-order valence-electron chi connectivity index (χ3n) is 1.55. The van der Waals surface area contributed by atoms with Crippen LogP contribution in [0.25, 0.3) is 6.08 Å². The predicted molar refractivity (Wildman–Crippen MR) is 48.9 cm³/mol. The number of carbonyl (C=O) groups is 1. The minimum absolute atomic E-state index is 0.137. The van der Waals surface area contributed by atoms with E-state index >= 15 is 0 Å². The van der Waals surface area contributed by atoms with Gasteiger partial charge in [-0.05, 0) is 11.6 Å². The van der Waals surface area contributed by atoms with E-state index in [0.717, 1.165) is 6.08 Å². The number of aliphatic carboxylic acids is 1. The van der Waals surface area contributed by atoms with Crippen LogP contribution < -0.4 is 5.23 Å². The lowest BCUT2D eigenvalue weighted by atomic mass is 10.2. The van der Waals surface area contributed by atoms with Gasteiger partial charge in [0.25, 0.3) is 0 Å². The van der Waals surface area contributed by atoms with Crippen LogP contribution in [0.3, 0.4) is 0 Å². The molecule has 0 aliphatic rings. The highest BCUT2D eigenvalue weighted by Crippen LogP contribution is 2.07. The summed E-state index contributed by atoms with van der Waals surface area (Å²) in [5, 5.41) is 26.5. The Bertz CT molecular complexity index is 360. The Morgan fingerprint density at radius 2 is 2.21 bits per heavy atom. The fraction of sp³-hybridized carbons (Fsp3) is 0. The maximum absolute atomic E-state index is 10.6. The molecule has 0 fully saturated rings. The van der Waals surface area contributed by atoms with Crippen molar-refractivity contribution in [1.29, 1.82) is 0 Å². The second-order valence-corrected chi connectivity index (χ2v) is 2.60. The van der Waals surface area contributed by atoms with Crippen molar-refractivity contribution >= 4 is 17.7 Å². The van der Waals surface area contributed by atoms with Crippen LogP contribution in [0.15, 0.2) is 30.3 Å². The minimum atomic E-state index is -1.06. The van der Waals surface area contributed by atoms with Crippen molar-refractivity contribution in [3.05, 3.63) is 41.1 Å². The summed E-state index contributed by atoms with van der Waals surface area (Å²) >= 11 is 0. The molecule has 1 aromatic carbocycles. The fourth-order valence-electron chi connectivity index (χ4n) is 0.943. The highest BCUT2D eigenvalue weighted by molar-refractivity contribution is 5.85. The zero-order valence-electron chi connectivity index (χ0n) is 7.18. The molecule has 14 heavy (non-hydrogen) atoms. The van der Waals surface area contributed by atoms with Crippen LogP contribution in [0.2, 0.25) is 0 Å². The number of carboxylic acids is 1. The predicted octanol–water partition coefficient (Wildman–Crippen LogP) is 0.188. The van der Waals surface area contributed by atoms with Gasteiger partial charge in [-0.25, -0.2) is 10.0 Å². The molecule has 1 unspecified atom stereocenters. The molecule has 0 amide bonds. The van der Waals surface area contributed by atoms with E-state index in [-0.39, 0.29) is 5.69 Å². The van der Waals surface area contributed by atoms with Crippen LogP contribution in [0, 0.1) is 5.21 Å². The molecule has 0 radical (unpaired) electrons. The molecular formula is C9H9NO4. The first-order valence-electron chi connectivity index (χ1n) is 3.84. The van der Waals surface area contributed by atoms with E-state index in [9.17, 15) is 10.0 Å². The van der Waals surface area contributed by atoms with Gasteiger partial charge in [0.15, 0.2) is 5.69 Å². The van der Waals surface area contributed by atoms with Gasteiger partial charge in [-0.1, -0.05) is 12.1 Å². The average Bonchev–Trinajstić information content (AvgIpc) is 2.15. The summed E-state index contributed by atoms with van der Waals surface area (Å²) in [7, 11) is 0. The summed E-state index contributed by atoms with van der Waals surface area (Å²) in [5.41, 5.74) is 0.685. The van der Waals surface area contributed by atoms with E-state index in [2.05, 4.69) is 0 Å². The molecule has 3 N–H and O–H groups in total. The van der Waals surface area contributed by atoms with E-state index in [1.165, 1.54) is 18.2 Å². The van der Waals surface area contributed by atoms with Crippen LogP contribution in [0.1, 0.15) is 5.56 Å². The van der Waals surface area contributed by atoms with Gasteiger partial charge in [0, 0.05) is 18.2 Å². The molecule has 1 atom stereocenters. The molecular weight excluding hydrogens is 186 g/mol. The van der Waals surface area contributed by atoms with Crippen molar-refractivity contribution < 1.29 is 20.3 Å². The van der Waals surface area contributed by atoms with Crippen molar-refractivity contribution in [2.45, 2.75) is 0 Å². The molecule has 0 saturated carbocycles. The Morgan fingerprint density at radius 1 is 1.50 bits per heavy atom. The van der Waals surface area contributed by atoms with Crippen molar-refractivity contribution in [3.8, 4) is 0 Å². The fourth-order valence-corrected chi connectivity index (χ4v) is 0.943. The largest absolute Gasteiger partial charge is 0.595 e. The quantitative estimate of drug-likeness (QED) is 0.474. The van der Waals surface area contributed by atoms with Gasteiger partial charge in [-0.15, -0.1) is 0 Å². The molecule has 0 spiro atoms. The molecule has 0 heterocycles. The Kier molecular flexibility index (Phi) is 3.35. The van der Waals surface area contributed by atoms with Gasteiger partial charge in [0.2, 0.25) is 0 Å². The first-order chi connectivity index (χ1) is 6.59. The number of hydrogen-bond acceptors (Lipinski definition) is 3. The number of rotatable bonds is 3. The monoisotopic (exact) mass is 195 g/mol. The summed E-state index contributed by atoms with van der Waals surface area (Å²) in [6, 6.07) is 6.04. The molecule has 0 aromatic heterocycles. The lowest BCUT2D eigenvalue weighted by Crippen LogP contribution is -2.99. The molecule has 1 aromatic rings. The molecule has 0 bridgehead atoms. The number of quaternary nitrogens is 1. The molecule has 5 nitrogen and oxygen atoms in total. The lowest BCUT2D eigenvalue weighted by molar-refractivity contribution is -0.991. The van der Waals surface area contributed by atoms with Gasteiger partial charge in [0.1, 0.15) is 0 Å². The number of carboxylic acid groups (broad SMARTS) is 1. The molecule has 1 rings (SSSR count). The second kappa shape index (κ2) is 4.52. The molecule has 0 aliphatic heterocycles. The van der Waals surface area contributed by atoms with Crippen LogP contribution in [0.5, 0.6) is 0 Å². The van der Waals surface area contributed by atoms with Gasteiger partial charge >= 0.3 is 5.97 Å².